The molecule has 2 aromatic rings. The Hall–Kier alpha value is -2.07. The number of aromatic nitrogens is 1. The molecule has 0 bridgehead atoms. The Labute approximate surface area is 110 Å². The van der Waals surface area contributed by atoms with Gasteiger partial charge >= 0.3 is 0 Å². The van der Waals surface area contributed by atoms with Gasteiger partial charge in [0.15, 0.2) is 5.78 Å². The zero-order chi connectivity index (χ0) is 13.3. The summed E-state index contributed by atoms with van der Waals surface area (Å²) in [6, 6.07) is 6.48. The molecule has 0 aliphatic carbocycles. The molecule has 0 atom stereocenters. The Kier molecular flexibility index (Phi) is 3.21. The number of nitrogen functional groups attached to an aromatic ring is 2. The van der Waals surface area contributed by atoms with E-state index in [9.17, 15) is 4.79 Å². The predicted molar refractivity (Wildman–Crippen MR) is 72.7 cm³/mol. The van der Waals surface area contributed by atoms with Crippen LogP contribution in [0, 0.1) is 6.92 Å². The van der Waals surface area contributed by atoms with E-state index < -0.39 is 0 Å². The number of anilines is 2. The van der Waals surface area contributed by atoms with Gasteiger partial charge in [-0.25, -0.2) is 4.98 Å². The first kappa shape index (κ1) is 12.4. The van der Waals surface area contributed by atoms with Crippen molar-refractivity contribution in [2.24, 2.45) is 0 Å². The van der Waals surface area contributed by atoms with Crippen LogP contribution in [0.4, 0.5) is 11.5 Å². The number of benzene rings is 1. The summed E-state index contributed by atoms with van der Waals surface area (Å²) in [5.74, 6) is 0.00925. The largest absolute Gasteiger partial charge is 0.398 e. The van der Waals surface area contributed by atoms with E-state index in [2.05, 4.69) is 4.98 Å². The van der Waals surface area contributed by atoms with Crippen LogP contribution in [0.25, 0.3) is 0 Å². The van der Waals surface area contributed by atoms with Crippen LogP contribution in [0.2, 0.25) is 5.02 Å². The lowest BCUT2D eigenvalue weighted by Crippen LogP contribution is -2.09. The Morgan fingerprint density at radius 3 is 2.61 bits per heavy atom. The van der Waals surface area contributed by atoms with Crippen molar-refractivity contribution in [1.82, 2.24) is 4.98 Å². The second-order valence-corrected chi connectivity index (χ2v) is 4.36. The lowest BCUT2D eigenvalue weighted by molar-refractivity contribution is 0.103. The molecule has 0 saturated carbocycles. The fourth-order valence-corrected chi connectivity index (χ4v) is 1.82. The summed E-state index contributed by atoms with van der Waals surface area (Å²) >= 11 is 5.82. The van der Waals surface area contributed by atoms with Crippen molar-refractivity contribution in [1.29, 1.82) is 0 Å². The van der Waals surface area contributed by atoms with Crippen molar-refractivity contribution in [3.63, 3.8) is 0 Å². The van der Waals surface area contributed by atoms with Crippen LogP contribution < -0.4 is 11.5 Å². The van der Waals surface area contributed by atoms with Crippen molar-refractivity contribution in [3.8, 4) is 0 Å². The lowest BCUT2D eigenvalue weighted by atomic mass is 10.00. The number of hydrogen-bond donors (Lipinski definition) is 2. The molecular weight excluding hydrogens is 250 g/mol. The lowest BCUT2D eigenvalue weighted by Gasteiger charge is -2.08. The van der Waals surface area contributed by atoms with Gasteiger partial charge in [-0.3, -0.25) is 4.79 Å². The van der Waals surface area contributed by atoms with Crippen LogP contribution in [0.1, 0.15) is 21.5 Å². The summed E-state index contributed by atoms with van der Waals surface area (Å²) < 4.78 is 0. The molecule has 1 heterocycles. The Bertz CT molecular complexity index is 605. The van der Waals surface area contributed by atoms with Crippen LogP contribution in [0.15, 0.2) is 30.5 Å². The predicted octanol–water partition coefficient (Wildman–Crippen LogP) is 2.44. The number of carbonyl (C=O) groups excluding carboxylic acids is 1. The maximum Gasteiger partial charge on any atom is 0.197 e. The van der Waals surface area contributed by atoms with Gasteiger partial charge < -0.3 is 11.5 Å². The number of halogens is 1. The van der Waals surface area contributed by atoms with Crippen LogP contribution in [-0.2, 0) is 0 Å². The van der Waals surface area contributed by atoms with E-state index in [1.165, 1.54) is 6.07 Å². The number of nitrogens with zero attached hydrogens (tertiary/aromatic N) is 1. The fraction of sp³-hybridized carbons (Fsp3) is 0.0769. The number of aryl methyl sites for hydroxylation is 1. The minimum atomic E-state index is -0.207. The summed E-state index contributed by atoms with van der Waals surface area (Å²) in [5.41, 5.74) is 13.4. The van der Waals surface area contributed by atoms with Gasteiger partial charge in [0, 0.05) is 11.8 Å². The fourth-order valence-electron chi connectivity index (χ4n) is 1.70. The van der Waals surface area contributed by atoms with E-state index in [0.717, 1.165) is 5.56 Å². The molecule has 0 radical (unpaired) electrons. The van der Waals surface area contributed by atoms with Crippen molar-refractivity contribution >= 4 is 28.9 Å². The topological polar surface area (TPSA) is 82.0 Å². The Balaban J connectivity index is 2.51. The summed E-state index contributed by atoms with van der Waals surface area (Å²) in [4.78, 5) is 16.3. The highest BCUT2D eigenvalue weighted by atomic mass is 35.5. The van der Waals surface area contributed by atoms with Crippen LogP contribution in [0.5, 0.6) is 0 Å². The highest BCUT2D eigenvalue weighted by Gasteiger charge is 2.16. The Morgan fingerprint density at radius 1 is 1.28 bits per heavy atom. The first-order valence-corrected chi connectivity index (χ1v) is 5.69. The van der Waals surface area contributed by atoms with Crippen molar-refractivity contribution in [2.45, 2.75) is 6.92 Å². The van der Waals surface area contributed by atoms with E-state index in [-0.39, 0.29) is 11.6 Å². The van der Waals surface area contributed by atoms with E-state index in [0.29, 0.717) is 21.8 Å². The molecule has 5 heteroatoms. The Morgan fingerprint density at radius 2 is 2.00 bits per heavy atom. The molecule has 4 N–H and O–H groups in total. The van der Waals surface area contributed by atoms with Gasteiger partial charge in [0.25, 0.3) is 0 Å². The van der Waals surface area contributed by atoms with Gasteiger partial charge in [0.2, 0.25) is 0 Å². The molecule has 1 aromatic carbocycles. The molecule has 92 valence electrons. The van der Waals surface area contributed by atoms with Crippen LogP contribution >= 0.6 is 11.6 Å². The van der Waals surface area contributed by atoms with Gasteiger partial charge in [-0.2, -0.15) is 0 Å². The second-order valence-electron chi connectivity index (χ2n) is 3.95. The SMILES string of the molecule is Cc1ccnc(N)c1C(=O)c1ccc(Cl)c(N)c1. The number of nitrogens with two attached hydrogens (primary N) is 2. The van der Waals surface area contributed by atoms with Crippen LogP contribution in [-0.4, -0.2) is 10.8 Å². The maximum absolute atomic E-state index is 12.3. The minimum absolute atomic E-state index is 0.207. The van der Waals surface area contributed by atoms with Crippen molar-refractivity contribution in [2.75, 3.05) is 11.5 Å². The molecule has 0 saturated heterocycles. The quantitative estimate of drug-likeness (QED) is 0.643. The van der Waals surface area contributed by atoms with Gasteiger partial charge in [-0.1, -0.05) is 11.6 Å². The van der Waals surface area contributed by atoms with Crippen molar-refractivity contribution < 1.29 is 4.79 Å². The molecule has 0 aliphatic heterocycles. The van der Waals surface area contributed by atoms with E-state index in [4.69, 9.17) is 23.1 Å². The molecule has 2 rings (SSSR count). The highest BCUT2D eigenvalue weighted by molar-refractivity contribution is 6.33. The number of carbonyl (C=O) groups is 1. The van der Waals surface area contributed by atoms with E-state index in [1.54, 1.807) is 24.4 Å². The molecule has 18 heavy (non-hydrogen) atoms. The minimum Gasteiger partial charge on any atom is -0.398 e. The normalized spacial score (nSPS) is 10.3. The summed E-state index contributed by atoms with van der Waals surface area (Å²) in [7, 11) is 0. The molecule has 0 amide bonds. The second kappa shape index (κ2) is 4.66. The molecule has 1 aromatic heterocycles. The summed E-state index contributed by atoms with van der Waals surface area (Å²) in [6.07, 6.45) is 1.57. The molecule has 0 fully saturated rings. The van der Waals surface area contributed by atoms with Crippen LogP contribution in [0.3, 0.4) is 0 Å². The van der Waals surface area contributed by atoms with E-state index in [1.807, 2.05) is 6.92 Å². The number of pyridine rings is 1. The number of rotatable bonds is 2. The molecule has 4 nitrogen and oxygen atoms in total. The first-order valence-electron chi connectivity index (χ1n) is 5.31. The highest BCUT2D eigenvalue weighted by Crippen LogP contribution is 2.23. The monoisotopic (exact) mass is 261 g/mol. The zero-order valence-electron chi connectivity index (χ0n) is 9.77. The average Bonchev–Trinajstić information content (AvgIpc) is 2.32. The van der Waals surface area contributed by atoms with Gasteiger partial charge in [0.1, 0.15) is 5.82 Å². The number of hydrogen-bond acceptors (Lipinski definition) is 4. The van der Waals surface area contributed by atoms with Gasteiger partial charge in [-0.05, 0) is 36.8 Å². The third-order valence-corrected chi connectivity index (χ3v) is 3.02. The summed E-state index contributed by atoms with van der Waals surface area (Å²) in [6.45, 7) is 1.81. The smallest absolute Gasteiger partial charge is 0.197 e. The average molecular weight is 262 g/mol. The standard InChI is InChI=1S/C13H12ClN3O/c1-7-4-5-17-13(16)11(7)12(18)8-2-3-9(14)10(15)6-8/h2-6H,15H2,1H3,(H2,16,17). The molecule has 0 unspecified atom stereocenters. The number of ketones is 1. The molecule has 0 spiro atoms. The van der Waals surface area contributed by atoms with Gasteiger partial charge in [-0.15, -0.1) is 0 Å². The molecular formula is C13H12ClN3O. The first-order chi connectivity index (χ1) is 8.50. The molecule has 0 aliphatic rings. The third-order valence-electron chi connectivity index (χ3n) is 2.67. The van der Waals surface area contributed by atoms with Crippen molar-refractivity contribution in [3.05, 3.63) is 52.2 Å². The third kappa shape index (κ3) is 2.15. The van der Waals surface area contributed by atoms with Gasteiger partial charge in [0.05, 0.1) is 16.3 Å². The van der Waals surface area contributed by atoms with E-state index >= 15 is 0 Å². The maximum atomic E-state index is 12.3. The summed E-state index contributed by atoms with van der Waals surface area (Å²) in [5, 5.41) is 0.419. The zero-order valence-corrected chi connectivity index (χ0v) is 10.5.